The molecule has 0 rings (SSSR count). The number of nitriles is 1. The predicted octanol–water partition coefficient (Wildman–Crippen LogP) is -0.0280. The Labute approximate surface area is 52.5 Å². The van der Waals surface area contributed by atoms with Gasteiger partial charge in [0.15, 0.2) is 6.19 Å². The third kappa shape index (κ3) is 3.17. The van der Waals surface area contributed by atoms with Crippen molar-refractivity contribution >= 4 is 6.09 Å². The van der Waals surface area contributed by atoms with Crippen LogP contribution < -0.4 is 5.43 Å². The topological polar surface area (TPSA) is 76.4 Å². The van der Waals surface area contributed by atoms with Crippen LogP contribution in [0.1, 0.15) is 6.92 Å². The molecule has 0 saturated heterocycles. The van der Waals surface area contributed by atoms with Crippen LogP contribution in [0.2, 0.25) is 0 Å². The predicted molar refractivity (Wildman–Crippen MR) is 29.2 cm³/mol. The quantitative estimate of drug-likeness (QED) is 0.312. The Bertz CT molecular complexity index is 139. The molecule has 0 atom stereocenters. The summed E-state index contributed by atoms with van der Waals surface area (Å²) in [7, 11) is 0. The number of hydrogen-bond acceptors (Lipinski definition) is 3. The van der Waals surface area contributed by atoms with Gasteiger partial charge in [-0.05, 0) is 6.92 Å². The van der Waals surface area contributed by atoms with Crippen molar-refractivity contribution < 1.29 is 9.90 Å². The average Bonchev–Trinajstić information content (AvgIpc) is 1.82. The summed E-state index contributed by atoms with van der Waals surface area (Å²) in [4.78, 5) is 9.82. The van der Waals surface area contributed by atoms with E-state index in [1.165, 1.54) is 0 Å². The lowest BCUT2D eigenvalue weighted by Crippen LogP contribution is -2.37. The van der Waals surface area contributed by atoms with Crippen LogP contribution in [0.5, 0.6) is 0 Å². The van der Waals surface area contributed by atoms with Crippen LogP contribution in [0.4, 0.5) is 4.79 Å². The van der Waals surface area contributed by atoms with Crippen molar-refractivity contribution in [2.24, 2.45) is 0 Å². The second-order valence-corrected chi connectivity index (χ2v) is 1.26. The van der Waals surface area contributed by atoms with Gasteiger partial charge >= 0.3 is 6.09 Å². The molecule has 1 amide bonds. The molecule has 2 N–H and O–H groups in total. The zero-order valence-electron chi connectivity index (χ0n) is 4.96. The van der Waals surface area contributed by atoms with Crippen molar-refractivity contribution in [3.8, 4) is 6.19 Å². The van der Waals surface area contributed by atoms with E-state index < -0.39 is 6.09 Å². The molecule has 0 spiro atoms. The first-order chi connectivity index (χ1) is 4.20. The number of nitrogens with one attached hydrogen (secondary N) is 1. The van der Waals surface area contributed by atoms with Gasteiger partial charge in [-0.25, -0.2) is 15.2 Å². The van der Waals surface area contributed by atoms with Crippen molar-refractivity contribution in [2.75, 3.05) is 6.54 Å². The number of hydrogen-bond donors (Lipinski definition) is 2. The molecule has 0 radical (unpaired) electrons. The zero-order valence-corrected chi connectivity index (χ0v) is 4.96. The lowest BCUT2D eigenvalue weighted by molar-refractivity contribution is 0.167. The summed E-state index contributed by atoms with van der Waals surface area (Å²) in [5, 5.41) is 17.1. The van der Waals surface area contributed by atoms with Crippen molar-refractivity contribution in [1.29, 1.82) is 5.26 Å². The van der Waals surface area contributed by atoms with E-state index in [9.17, 15) is 4.79 Å². The van der Waals surface area contributed by atoms with Gasteiger partial charge in [-0.15, -0.1) is 0 Å². The standard InChI is InChI=1S/C4H7N3O2/c1-2-7(3-5)6-4(8)9/h6H,2H2,1H3,(H,8,9). The fourth-order valence-corrected chi connectivity index (χ4v) is 0.290. The molecule has 0 aliphatic rings. The summed E-state index contributed by atoms with van der Waals surface area (Å²) in [5.41, 5.74) is 1.87. The first-order valence-electron chi connectivity index (χ1n) is 2.37. The molecule has 0 bridgehead atoms. The zero-order chi connectivity index (χ0) is 7.28. The van der Waals surface area contributed by atoms with Crippen molar-refractivity contribution in [2.45, 2.75) is 6.92 Å². The molecule has 0 aromatic rings. The monoisotopic (exact) mass is 129 g/mol. The Balaban J connectivity index is 3.60. The van der Waals surface area contributed by atoms with E-state index in [1.54, 1.807) is 13.1 Å². The number of nitrogens with zero attached hydrogens (tertiary/aromatic N) is 2. The normalized spacial score (nSPS) is 7.56. The van der Waals surface area contributed by atoms with E-state index in [1.807, 2.05) is 5.43 Å². The number of rotatable bonds is 2. The molecule has 0 aliphatic carbocycles. The number of carbonyl (C=O) groups is 1. The first kappa shape index (κ1) is 7.56. The van der Waals surface area contributed by atoms with E-state index in [0.717, 1.165) is 5.01 Å². The van der Waals surface area contributed by atoms with E-state index in [2.05, 4.69) is 0 Å². The second kappa shape index (κ2) is 3.55. The highest BCUT2D eigenvalue weighted by Gasteiger charge is 1.99. The summed E-state index contributed by atoms with van der Waals surface area (Å²) in [6.45, 7) is 2.00. The Kier molecular flexibility index (Phi) is 2.98. The Hall–Kier alpha value is -1.44. The number of amides is 1. The largest absolute Gasteiger partial charge is 0.464 e. The maximum absolute atomic E-state index is 9.82. The summed E-state index contributed by atoms with van der Waals surface area (Å²) in [5.74, 6) is 0. The van der Waals surface area contributed by atoms with Gasteiger partial charge in [0.1, 0.15) is 0 Å². The third-order valence-corrected chi connectivity index (χ3v) is 0.668. The summed E-state index contributed by atoms with van der Waals surface area (Å²) in [6, 6.07) is 0. The van der Waals surface area contributed by atoms with E-state index in [-0.39, 0.29) is 0 Å². The van der Waals surface area contributed by atoms with Crippen molar-refractivity contribution in [1.82, 2.24) is 10.4 Å². The highest BCUT2D eigenvalue weighted by atomic mass is 16.4. The fraction of sp³-hybridized carbons (Fsp3) is 0.500. The molecular formula is C4H7N3O2. The molecule has 0 unspecified atom stereocenters. The minimum Gasteiger partial charge on any atom is -0.464 e. The van der Waals surface area contributed by atoms with Crippen LogP contribution in [0.3, 0.4) is 0 Å². The highest BCUT2D eigenvalue weighted by Crippen LogP contribution is 1.74. The first-order valence-corrected chi connectivity index (χ1v) is 2.37. The van der Waals surface area contributed by atoms with Crippen LogP contribution in [0, 0.1) is 11.5 Å². The van der Waals surface area contributed by atoms with Crippen LogP contribution in [0.15, 0.2) is 0 Å². The summed E-state index contributed by atoms with van der Waals surface area (Å²) < 4.78 is 0. The Morgan fingerprint density at radius 2 is 2.56 bits per heavy atom. The molecular weight excluding hydrogens is 122 g/mol. The van der Waals surface area contributed by atoms with E-state index >= 15 is 0 Å². The van der Waals surface area contributed by atoms with E-state index in [4.69, 9.17) is 10.4 Å². The highest BCUT2D eigenvalue weighted by molar-refractivity contribution is 5.63. The molecule has 0 aromatic heterocycles. The number of hydrazine groups is 1. The molecule has 50 valence electrons. The third-order valence-electron chi connectivity index (χ3n) is 0.668. The lowest BCUT2D eigenvalue weighted by atomic mass is 10.7. The van der Waals surface area contributed by atoms with Crippen molar-refractivity contribution in [3.05, 3.63) is 0 Å². The summed E-state index contributed by atoms with van der Waals surface area (Å²) in [6.07, 6.45) is 0.401. The molecule has 9 heavy (non-hydrogen) atoms. The van der Waals surface area contributed by atoms with Crippen LogP contribution in [-0.2, 0) is 0 Å². The molecule has 0 aromatic carbocycles. The second-order valence-electron chi connectivity index (χ2n) is 1.26. The molecule has 0 fully saturated rings. The van der Waals surface area contributed by atoms with Gasteiger partial charge in [-0.2, -0.15) is 5.26 Å². The van der Waals surface area contributed by atoms with Gasteiger partial charge in [0.2, 0.25) is 0 Å². The van der Waals surface area contributed by atoms with Crippen LogP contribution in [-0.4, -0.2) is 22.8 Å². The van der Waals surface area contributed by atoms with Gasteiger partial charge in [0, 0.05) is 6.54 Å². The molecule has 0 aliphatic heterocycles. The molecule has 5 heteroatoms. The number of carboxylic acid groups (broad SMARTS) is 1. The Morgan fingerprint density at radius 1 is 2.00 bits per heavy atom. The summed E-state index contributed by atoms with van der Waals surface area (Å²) >= 11 is 0. The van der Waals surface area contributed by atoms with Crippen LogP contribution >= 0.6 is 0 Å². The van der Waals surface area contributed by atoms with Gasteiger partial charge in [0.05, 0.1) is 0 Å². The SMILES string of the molecule is CCN(C#N)NC(=O)O. The fourth-order valence-electron chi connectivity index (χ4n) is 0.290. The van der Waals surface area contributed by atoms with Gasteiger partial charge < -0.3 is 5.11 Å². The maximum atomic E-state index is 9.82. The average molecular weight is 129 g/mol. The maximum Gasteiger partial charge on any atom is 0.424 e. The lowest BCUT2D eigenvalue weighted by Gasteiger charge is -2.09. The van der Waals surface area contributed by atoms with E-state index in [0.29, 0.717) is 6.54 Å². The van der Waals surface area contributed by atoms with Gasteiger partial charge in [-0.1, -0.05) is 0 Å². The molecule has 0 heterocycles. The van der Waals surface area contributed by atoms with Crippen LogP contribution in [0.25, 0.3) is 0 Å². The van der Waals surface area contributed by atoms with Gasteiger partial charge in [0.25, 0.3) is 0 Å². The Morgan fingerprint density at radius 3 is 2.67 bits per heavy atom. The van der Waals surface area contributed by atoms with Crippen molar-refractivity contribution in [3.63, 3.8) is 0 Å². The molecule has 5 nitrogen and oxygen atoms in total. The minimum absolute atomic E-state index is 0.336. The molecule has 0 saturated carbocycles. The smallest absolute Gasteiger partial charge is 0.424 e. The minimum atomic E-state index is -1.22. The van der Waals surface area contributed by atoms with Gasteiger partial charge in [-0.3, -0.25) is 0 Å².